The van der Waals surface area contributed by atoms with Gasteiger partial charge in [0.15, 0.2) is 0 Å². The molecule has 3 heterocycles. The van der Waals surface area contributed by atoms with Crippen LogP contribution in [0.1, 0.15) is 75.7 Å². The first-order valence-corrected chi connectivity index (χ1v) is 15.3. The summed E-state index contributed by atoms with van der Waals surface area (Å²) in [6, 6.07) is 8.57. The molecule has 2 saturated heterocycles. The number of carbonyl (C=O) groups is 2. The monoisotopic (exact) mass is 596 g/mol. The summed E-state index contributed by atoms with van der Waals surface area (Å²) >= 11 is 0. The zero-order chi connectivity index (χ0) is 30.7. The van der Waals surface area contributed by atoms with E-state index in [1.807, 2.05) is 44.9 Å². The molecule has 0 bridgehead atoms. The Balaban J connectivity index is 1.26. The Morgan fingerprint density at radius 1 is 1.12 bits per heavy atom. The third kappa shape index (κ3) is 7.52. The first-order chi connectivity index (χ1) is 20.5. The lowest BCUT2D eigenvalue weighted by Crippen LogP contribution is -2.57. The number of hydrazine groups is 1. The van der Waals surface area contributed by atoms with Crippen LogP contribution in [-0.2, 0) is 21.0 Å². The number of fused-ring (bicyclic) bond motifs is 1. The van der Waals surface area contributed by atoms with Gasteiger partial charge in [-0.25, -0.2) is 15.3 Å². The number of aryl methyl sites for hydroxylation is 1. The van der Waals surface area contributed by atoms with Crippen LogP contribution in [0.4, 0.5) is 4.39 Å². The van der Waals surface area contributed by atoms with Gasteiger partial charge in [-0.2, -0.15) is 0 Å². The van der Waals surface area contributed by atoms with Crippen LogP contribution in [0.3, 0.4) is 0 Å². The maximum atomic E-state index is 14.9. The maximum absolute atomic E-state index is 14.9. The van der Waals surface area contributed by atoms with Crippen LogP contribution in [0, 0.1) is 24.6 Å². The smallest absolute Gasteiger partial charge is 0.260 e. The molecular formula is C32H45FN6O4. The molecular weight excluding hydrogens is 551 g/mol. The summed E-state index contributed by atoms with van der Waals surface area (Å²) < 4.78 is 20.4. The lowest BCUT2D eigenvalue weighted by Gasteiger charge is -2.40. The van der Waals surface area contributed by atoms with Crippen molar-refractivity contribution in [3.8, 4) is 5.75 Å². The molecule has 1 aromatic carbocycles. The number of hydrogen-bond acceptors (Lipinski definition) is 8. The summed E-state index contributed by atoms with van der Waals surface area (Å²) in [6.45, 7) is 8.11. The Labute approximate surface area is 253 Å². The molecule has 2 aromatic rings. The van der Waals surface area contributed by atoms with Crippen LogP contribution in [-0.4, -0.2) is 59.1 Å². The molecule has 4 N–H and O–H groups in total. The molecule has 2 amide bonds. The SMILES string of the molecule is COc1cccc(F)c1CN1C[C@H](NC(=O)C2CCC3NNC(c4ccnc(C)c4)C3C2)CC[C@H]1C(=O)NOC(C)(C)C. The fraction of sp³-hybridized carbons (Fsp3) is 0.594. The lowest BCUT2D eigenvalue weighted by molar-refractivity contribution is -0.152. The number of likely N-dealkylation sites (tertiary alicyclic amines) is 1. The van der Waals surface area contributed by atoms with E-state index >= 15 is 0 Å². The van der Waals surface area contributed by atoms with E-state index in [9.17, 15) is 14.0 Å². The van der Waals surface area contributed by atoms with Gasteiger partial charge in [-0.1, -0.05) is 6.07 Å². The number of amides is 2. The molecule has 3 fully saturated rings. The molecule has 6 atom stereocenters. The molecule has 1 aromatic heterocycles. The second kappa shape index (κ2) is 13.3. The molecule has 3 aliphatic rings. The van der Waals surface area contributed by atoms with Gasteiger partial charge in [-0.05, 0) is 95.5 Å². The number of ether oxygens (including phenoxy) is 1. The molecule has 11 heteroatoms. The summed E-state index contributed by atoms with van der Waals surface area (Å²) in [5.74, 6) is -0.0292. The quantitative estimate of drug-likeness (QED) is 0.343. The number of hydrogen-bond donors (Lipinski definition) is 4. The Bertz CT molecular complexity index is 1300. The van der Waals surface area contributed by atoms with Crippen molar-refractivity contribution in [1.29, 1.82) is 0 Å². The zero-order valence-electron chi connectivity index (χ0n) is 25.8. The van der Waals surface area contributed by atoms with Crippen molar-refractivity contribution in [3.05, 3.63) is 59.2 Å². The predicted octanol–water partition coefficient (Wildman–Crippen LogP) is 3.47. The predicted molar refractivity (Wildman–Crippen MR) is 160 cm³/mol. The minimum Gasteiger partial charge on any atom is -0.496 e. The average Bonchev–Trinajstić information content (AvgIpc) is 3.40. The van der Waals surface area contributed by atoms with Crippen LogP contribution in [0.25, 0.3) is 0 Å². The van der Waals surface area contributed by atoms with Crippen molar-refractivity contribution in [2.24, 2.45) is 11.8 Å². The van der Waals surface area contributed by atoms with Gasteiger partial charge in [0.25, 0.3) is 5.91 Å². The van der Waals surface area contributed by atoms with E-state index in [1.54, 1.807) is 12.1 Å². The summed E-state index contributed by atoms with van der Waals surface area (Å²) in [6.07, 6.45) is 5.46. The number of nitrogens with zero attached hydrogens (tertiary/aromatic N) is 2. The first kappa shape index (κ1) is 31.3. The average molecular weight is 597 g/mol. The molecule has 1 saturated carbocycles. The van der Waals surface area contributed by atoms with E-state index in [4.69, 9.17) is 9.57 Å². The van der Waals surface area contributed by atoms with Gasteiger partial charge >= 0.3 is 0 Å². The van der Waals surface area contributed by atoms with Crippen molar-refractivity contribution in [1.82, 2.24) is 31.5 Å². The van der Waals surface area contributed by atoms with E-state index in [0.29, 0.717) is 42.7 Å². The van der Waals surface area contributed by atoms with Gasteiger partial charge in [0.2, 0.25) is 5.91 Å². The topological polar surface area (TPSA) is 117 Å². The zero-order valence-corrected chi connectivity index (χ0v) is 25.8. The summed E-state index contributed by atoms with van der Waals surface area (Å²) in [4.78, 5) is 38.7. The van der Waals surface area contributed by atoms with E-state index in [-0.39, 0.29) is 36.4 Å². The van der Waals surface area contributed by atoms with Crippen molar-refractivity contribution < 1.29 is 23.6 Å². The number of nitrogens with one attached hydrogen (secondary N) is 4. The van der Waals surface area contributed by atoms with E-state index in [2.05, 4.69) is 32.7 Å². The molecule has 5 rings (SSSR count). The number of carbonyl (C=O) groups excluding carboxylic acids is 2. The highest BCUT2D eigenvalue weighted by atomic mass is 19.1. The van der Waals surface area contributed by atoms with Crippen LogP contribution in [0.2, 0.25) is 0 Å². The Morgan fingerprint density at radius 3 is 2.67 bits per heavy atom. The van der Waals surface area contributed by atoms with Crippen LogP contribution in [0.5, 0.6) is 5.75 Å². The standard InChI is InChI=1S/C32H45FN6O4/c1-19-15-20(13-14-34-19)29-23-16-21(9-11-26(23)36-37-29)30(40)35-22-10-12-27(31(41)38-43-32(2,3)4)39(17-22)18-24-25(33)7-6-8-28(24)42-5/h6-8,13-15,21-23,26-27,29,36-37H,9-12,16-18H2,1-5H3,(H,35,40)(H,38,41)/t21?,22-,23?,26?,27+,29?/m1/s1. The molecule has 234 valence electrons. The highest BCUT2D eigenvalue weighted by Crippen LogP contribution is 2.40. The largest absolute Gasteiger partial charge is 0.496 e. The van der Waals surface area contributed by atoms with Gasteiger partial charge in [0, 0.05) is 48.5 Å². The number of benzene rings is 1. The third-order valence-electron chi connectivity index (χ3n) is 8.85. The highest BCUT2D eigenvalue weighted by Gasteiger charge is 2.43. The number of rotatable bonds is 8. The number of piperidine rings is 1. The number of methoxy groups -OCH3 is 1. The number of aromatic nitrogens is 1. The van der Waals surface area contributed by atoms with E-state index in [0.717, 1.165) is 25.0 Å². The minimum absolute atomic E-state index is 0.0439. The molecule has 0 radical (unpaired) electrons. The summed E-state index contributed by atoms with van der Waals surface area (Å²) in [7, 11) is 1.50. The van der Waals surface area contributed by atoms with E-state index < -0.39 is 17.5 Å². The minimum atomic E-state index is -0.557. The Kier molecular flexibility index (Phi) is 9.65. The maximum Gasteiger partial charge on any atom is 0.260 e. The molecule has 1 aliphatic carbocycles. The number of halogens is 1. The van der Waals surface area contributed by atoms with Crippen molar-refractivity contribution in [2.75, 3.05) is 13.7 Å². The first-order valence-electron chi connectivity index (χ1n) is 15.3. The summed E-state index contributed by atoms with van der Waals surface area (Å²) in [5, 5.41) is 3.29. The molecule has 10 nitrogen and oxygen atoms in total. The third-order valence-corrected chi connectivity index (χ3v) is 8.85. The Hall–Kier alpha value is -3.12. The normalized spacial score (nSPS) is 27.8. The number of pyridine rings is 1. The summed E-state index contributed by atoms with van der Waals surface area (Å²) in [5.41, 5.74) is 11.5. The van der Waals surface area contributed by atoms with Crippen molar-refractivity contribution >= 4 is 11.8 Å². The highest BCUT2D eigenvalue weighted by molar-refractivity contribution is 5.81. The van der Waals surface area contributed by atoms with Crippen LogP contribution >= 0.6 is 0 Å². The van der Waals surface area contributed by atoms with Crippen LogP contribution < -0.4 is 26.4 Å². The van der Waals surface area contributed by atoms with Crippen LogP contribution in [0.15, 0.2) is 36.5 Å². The van der Waals surface area contributed by atoms with Gasteiger partial charge < -0.3 is 10.1 Å². The molecule has 0 spiro atoms. The van der Waals surface area contributed by atoms with Gasteiger partial charge in [0.1, 0.15) is 11.6 Å². The molecule has 43 heavy (non-hydrogen) atoms. The Morgan fingerprint density at radius 2 is 1.93 bits per heavy atom. The molecule has 2 aliphatic heterocycles. The van der Waals surface area contributed by atoms with Gasteiger partial charge in [-0.15, -0.1) is 0 Å². The second-order valence-electron chi connectivity index (χ2n) is 13.1. The van der Waals surface area contributed by atoms with Gasteiger partial charge in [0.05, 0.1) is 24.8 Å². The van der Waals surface area contributed by atoms with Crippen molar-refractivity contribution in [2.45, 2.75) is 96.1 Å². The molecule has 4 unspecified atom stereocenters. The fourth-order valence-electron chi connectivity index (χ4n) is 6.70. The van der Waals surface area contributed by atoms with Gasteiger partial charge in [-0.3, -0.25) is 29.7 Å². The lowest BCUT2D eigenvalue weighted by atomic mass is 9.74. The van der Waals surface area contributed by atoms with E-state index in [1.165, 1.54) is 18.7 Å². The van der Waals surface area contributed by atoms with Crippen molar-refractivity contribution in [3.63, 3.8) is 0 Å². The second-order valence-corrected chi connectivity index (χ2v) is 13.1. The number of hydroxylamine groups is 1. The fourth-order valence-corrected chi connectivity index (χ4v) is 6.70.